The van der Waals surface area contributed by atoms with Crippen molar-refractivity contribution in [1.82, 2.24) is 20.9 Å². The summed E-state index contributed by atoms with van der Waals surface area (Å²) in [4.78, 5) is 19.5. The number of nitrogens with zero attached hydrogens (tertiary/aromatic N) is 2. The topological polar surface area (TPSA) is 89.0 Å². The predicted molar refractivity (Wildman–Crippen MR) is 144 cm³/mol. The van der Waals surface area contributed by atoms with E-state index in [1.54, 1.807) is 18.2 Å². The van der Waals surface area contributed by atoms with E-state index in [1.807, 2.05) is 0 Å². The molecule has 1 saturated heterocycles. The number of halogens is 1. The number of likely N-dealkylation sites (tertiary alicyclic amines) is 1. The number of hydrogen-bond acceptors (Lipinski definition) is 4. The summed E-state index contributed by atoms with van der Waals surface area (Å²) in [6, 6.07) is 17.3. The van der Waals surface area contributed by atoms with Gasteiger partial charge in [0, 0.05) is 25.2 Å². The van der Waals surface area contributed by atoms with Gasteiger partial charge in [-0.2, -0.15) is 0 Å². The molecule has 0 spiro atoms. The summed E-state index contributed by atoms with van der Waals surface area (Å²) in [6.07, 6.45) is 3.27. The van der Waals surface area contributed by atoms with Crippen LogP contribution in [0.2, 0.25) is 0 Å². The zero-order valence-corrected chi connectivity index (χ0v) is 21.6. The van der Waals surface area contributed by atoms with Crippen LogP contribution in [0, 0.1) is 0 Å². The zero-order valence-electron chi connectivity index (χ0n) is 19.3. The number of phenolic OH excluding ortho intramolecular Hbond substituents is 1. The van der Waals surface area contributed by atoms with Gasteiger partial charge in [0.2, 0.25) is 0 Å². The minimum absolute atomic E-state index is 0. The van der Waals surface area contributed by atoms with Crippen LogP contribution in [0.3, 0.4) is 0 Å². The van der Waals surface area contributed by atoms with Gasteiger partial charge in [0.25, 0.3) is 5.91 Å². The second kappa shape index (κ2) is 14.7. The molecule has 2 aromatic rings. The summed E-state index contributed by atoms with van der Waals surface area (Å²) in [6.45, 7) is 7.04. The van der Waals surface area contributed by atoms with Crippen molar-refractivity contribution in [1.29, 1.82) is 0 Å². The Hall–Kier alpha value is -2.33. The van der Waals surface area contributed by atoms with Gasteiger partial charge < -0.3 is 21.1 Å². The number of aliphatic imine (C=N–C) groups is 1. The van der Waals surface area contributed by atoms with E-state index in [-0.39, 0.29) is 41.7 Å². The van der Waals surface area contributed by atoms with Gasteiger partial charge in [-0.05, 0) is 63.0 Å². The molecule has 0 aromatic heterocycles. The van der Waals surface area contributed by atoms with Gasteiger partial charge in [-0.1, -0.05) is 36.4 Å². The average Bonchev–Trinajstić information content (AvgIpc) is 3.34. The Bertz CT molecular complexity index is 872. The molecule has 1 heterocycles. The van der Waals surface area contributed by atoms with Gasteiger partial charge in [0.1, 0.15) is 5.75 Å². The Morgan fingerprint density at radius 3 is 2.45 bits per heavy atom. The molecule has 180 valence electrons. The molecule has 7 nitrogen and oxygen atoms in total. The van der Waals surface area contributed by atoms with Crippen LogP contribution in [-0.4, -0.2) is 61.1 Å². The first-order chi connectivity index (χ1) is 15.7. The number of amides is 1. The predicted octanol–water partition coefficient (Wildman–Crippen LogP) is 3.52. The fourth-order valence-electron chi connectivity index (χ4n) is 3.93. The van der Waals surface area contributed by atoms with Crippen LogP contribution in [0.15, 0.2) is 59.6 Å². The number of aromatic hydroxyl groups is 1. The van der Waals surface area contributed by atoms with Crippen molar-refractivity contribution in [2.24, 2.45) is 4.99 Å². The van der Waals surface area contributed by atoms with Crippen LogP contribution in [0.5, 0.6) is 5.75 Å². The molecule has 0 aliphatic carbocycles. The van der Waals surface area contributed by atoms with Crippen LogP contribution >= 0.6 is 24.0 Å². The maximum atomic E-state index is 12.2. The first-order valence-corrected chi connectivity index (χ1v) is 11.6. The van der Waals surface area contributed by atoms with E-state index in [2.05, 4.69) is 58.1 Å². The highest BCUT2D eigenvalue weighted by Gasteiger charge is 2.23. The molecule has 33 heavy (non-hydrogen) atoms. The molecule has 2 aromatic carbocycles. The molecule has 1 atom stereocenters. The van der Waals surface area contributed by atoms with Crippen molar-refractivity contribution >= 4 is 35.8 Å². The smallest absolute Gasteiger partial charge is 0.251 e. The Balaban J connectivity index is 0.00000385. The number of rotatable bonds is 10. The lowest BCUT2D eigenvalue weighted by atomic mass is 10.1. The highest BCUT2D eigenvalue weighted by atomic mass is 127. The van der Waals surface area contributed by atoms with Gasteiger partial charge in [0.05, 0.1) is 12.6 Å². The third kappa shape index (κ3) is 8.85. The van der Waals surface area contributed by atoms with E-state index >= 15 is 0 Å². The maximum absolute atomic E-state index is 12.2. The van der Waals surface area contributed by atoms with Crippen molar-refractivity contribution in [3.8, 4) is 5.75 Å². The highest BCUT2D eigenvalue weighted by Crippen LogP contribution is 2.25. The molecular weight excluding hydrogens is 529 g/mol. The van der Waals surface area contributed by atoms with Crippen LogP contribution in [-0.2, 0) is 0 Å². The molecule has 4 N–H and O–H groups in total. The van der Waals surface area contributed by atoms with E-state index in [0.717, 1.165) is 32.0 Å². The Morgan fingerprint density at radius 2 is 1.76 bits per heavy atom. The number of nitrogens with one attached hydrogen (secondary N) is 3. The second-order valence-corrected chi connectivity index (χ2v) is 7.98. The van der Waals surface area contributed by atoms with Crippen molar-refractivity contribution in [3.05, 3.63) is 65.7 Å². The normalized spacial score (nSPS) is 14.9. The van der Waals surface area contributed by atoms with Crippen LogP contribution in [0.4, 0.5) is 0 Å². The molecule has 8 heteroatoms. The molecule has 1 fully saturated rings. The van der Waals surface area contributed by atoms with E-state index in [1.165, 1.54) is 24.5 Å². The summed E-state index contributed by atoms with van der Waals surface area (Å²) in [5, 5.41) is 19.1. The molecule has 1 unspecified atom stereocenters. The monoisotopic (exact) mass is 565 g/mol. The first kappa shape index (κ1) is 26.9. The molecule has 0 radical (unpaired) electrons. The van der Waals surface area contributed by atoms with E-state index in [9.17, 15) is 9.90 Å². The lowest BCUT2D eigenvalue weighted by Gasteiger charge is -2.27. The van der Waals surface area contributed by atoms with Crippen molar-refractivity contribution < 1.29 is 9.90 Å². The number of carbonyl (C=O) groups is 1. The summed E-state index contributed by atoms with van der Waals surface area (Å²) in [7, 11) is 0. The lowest BCUT2D eigenvalue weighted by molar-refractivity contribution is 0.0953. The summed E-state index contributed by atoms with van der Waals surface area (Å²) in [5.41, 5.74) is 1.77. The molecular formula is C25H36IN5O2. The minimum atomic E-state index is -0.183. The van der Waals surface area contributed by atoms with Gasteiger partial charge in [-0.15, -0.1) is 24.0 Å². The van der Waals surface area contributed by atoms with Crippen molar-refractivity contribution in [3.63, 3.8) is 0 Å². The van der Waals surface area contributed by atoms with Crippen LogP contribution in [0.25, 0.3) is 0 Å². The molecule has 3 rings (SSSR count). The summed E-state index contributed by atoms with van der Waals surface area (Å²) in [5.74, 6) is 0.707. The standard InChI is InChI=1S/C25H35N5O2.HI/c1-2-26-25(28-15-9-14-27-24(32)21-12-8-13-22(31)18-21)29-19-23(30-16-6-7-17-30)20-10-4-3-5-11-20;/h3-5,8,10-13,18,23,31H,2,6-7,9,14-17,19H2,1H3,(H,27,32)(H2,26,28,29);1H. The number of benzene rings is 2. The SMILES string of the molecule is CCNC(=NCC(c1ccccc1)N1CCCC1)NCCCNC(=O)c1cccc(O)c1.I. The van der Waals surface area contributed by atoms with Crippen LogP contribution in [0.1, 0.15) is 48.1 Å². The fourth-order valence-corrected chi connectivity index (χ4v) is 3.93. The second-order valence-electron chi connectivity index (χ2n) is 7.98. The minimum Gasteiger partial charge on any atom is -0.508 e. The summed E-state index contributed by atoms with van der Waals surface area (Å²) >= 11 is 0. The molecule has 1 aliphatic rings. The van der Waals surface area contributed by atoms with Gasteiger partial charge in [-0.25, -0.2) is 0 Å². The highest BCUT2D eigenvalue weighted by molar-refractivity contribution is 14.0. The van der Waals surface area contributed by atoms with Gasteiger partial charge in [0.15, 0.2) is 5.96 Å². The fraction of sp³-hybridized carbons (Fsp3) is 0.440. The third-order valence-corrected chi connectivity index (χ3v) is 5.57. The number of hydrogen-bond donors (Lipinski definition) is 4. The van der Waals surface area contributed by atoms with Crippen LogP contribution < -0.4 is 16.0 Å². The van der Waals surface area contributed by atoms with E-state index in [0.29, 0.717) is 25.2 Å². The Labute approximate surface area is 214 Å². The summed E-state index contributed by atoms with van der Waals surface area (Å²) < 4.78 is 0. The number of guanidine groups is 1. The molecule has 0 bridgehead atoms. The zero-order chi connectivity index (χ0) is 22.6. The average molecular weight is 566 g/mol. The third-order valence-electron chi connectivity index (χ3n) is 5.57. The Kier molecular flexibility index (Phi) is 12.0. The van der Waals surface area contributed by atoms with Crippen molar-refractivity contribution in [2.45, 2.75) is 32.2 Å². The molecule has 0 saturated carbocycles. The van der Waals surface area contributed by atoms with Crippen molar-refractivity contribution in [2.75, 3.05) is 39.3 Å². The van der Waals surface area contributed by atoms with E-state index < -0.39 is 0 Å². The lowest BCUT2D eigenvalue weighted by Crippen LogP contribution is -2.39. The largest absolute Gasteiger partial charge is 0.508 e. The number of carbonyl (C=O) groups excluding carboxylic acids is 1. The molecule has 1 aliphatic heterocycles. The van der Waals surface area contributed by atoms with E-state index in [4.69, 9.17) is 4.99 Å². The molecule has 1 amide bonds. The van der Waals surface area contributed by atoms with Gasteiger partial charge >= 0.3 is 0 Å². The Morgan fingerprint density at radius 1 is 1.03 bits per heavy atom. The van der Waals surface area contributed by atoms with Gasteiger partial charge in [-0.3, -0.25) is 14.7 Å². The number of phenols is 1. The maximum Gasteiger partial charge on any atom is 0.251 e. The first-order valence-electron chi connectivity index (χ1n) is 11.6. The quantitative estimate of drug-likeness (QED) is 0.153.